The van der Waals surface area contributed by atoms with Crippen LogP contribution in [0.3, 0.4) is 0 Å². The van der Waals surface area contributed by atoms with E-state index in [0.717, 1.165) is 25.8 Å². The van der Waals surface area contributed by atoms with Crippen LogP contribution in [0.5, 0.6) is 0 Å². The number of nitrogens with one attached hydrogen (secondary N) is 1. The third kappa shape index (κ3) is 3.48. The Labute approximate surface area is 96.8 Å². The van der Waals surface area contributed by atoms with E-state index in [0.29, 0.717) is 0 Å². The summed E-state index contributed by atoms with van der Waals surface area (Å²) >= 11 is 0. The molecule has 1 rings (SSSR count). The molecule has 1 unspecified atom stereocenters. The monoisotopic (exact) mass is 227 g/mol. The number of nitrogens with zero attached hydrogens (tertiary/aromatic N) is 2. The van der Waals surface area contributed by atoms with E-state index >= 15 is 0 Å². The van der Waals surface area contributed by atoms with Crippen molar-refractivity contribution in [2.75, 3.05) is 34.2 Å². The molecule has 1 aliphatic rings. The van der Waals surface area contributed by atoms with E-state index in [9.17, 15) is 9.59 Å². The molecule has 1 N–H and O–H groups in total. The first kappa shape index (κ1) is 13.0. The quantitative estimate of drug-likeness (QED) is 0.718. The van der Waals surface area contributed by atoms with Gasteiger partial charge in [-0.3, -0.25) is 9.59 Å². The van der Waals surface area contributed by atoms with Crippen LogP contribution < -0.4 is 5.32 Å². The summed E-state index contributed by atoms with van der Waals surface area (Å²) in [5.74, 6) is -0.0263. The number of amides is 2. The lowest BCUT2D eigenvalue weighted by atomic mass is 10.0. The van der Waals surface area contributed by atoms with Gasteiger partial charge in [0.05, 0.1) is 12.6 Å². The molecule has 1 aliphatic heterocycles. The van der Waals surface area contributed by atoms with Gasteiger partial charge in [-0.1, -0.05) is 6.42 Å². The number of hydrogen-bond donors (Lipinski definition) is 1. The molecule has 0 saturated carbocycles. The summed E-state index contributed by atoms with van der Waals surface area (Å²) in [7, 11) is 5.07. The van der Waals surface area contributed by atoms with Gasteiger partial charge >= 0.3 is 0 Å². The number of likely N-dealkylation sites (N-methyl/N-ethyl adjacent to an activating group) is 2. The molecule has 0 aromatic carbocycles. The number of carbonyl (C=O) groups excluding carboxylic acids is 2. The Hall–Kier alpha value is -1.10. The molecule has 92 valence electrons. The second-order valence-corrected chi connectivity index (χ2v) is 4.48. The Balaban J connectivity index is 2.43. The molecule has 1 atom stereocenters. The first-order valence-corrected chi connectivity index (χ1v) is 5.71. The second-order valence-electron chi connectivity index (χ2n) is 4.48. The molecular weight excluding hydrogens is 206 g/mol. The SMILES string of the molecule is CN(C)C(=O)CN(C)C(=O)C1CCCCN1. The van der Waals surface area contributed by atoms with E-state index in [-0.39, 0.29) is 24.4 Å². The van der Waals surface area contributed by atoms with Crippen LogP contribution in [0.15, 0.2) is 0 Å². The molecular formula is C11H21N3O2. The smallest absolute Gasteiger partial charge is 0.241 e. The van der Waals surface area contributed by atoms with Gasteiger partial charge < -0.3 is 15.1 Å². The maximum absolute atomic E-state index is 11.9. The summed E-state index contributed by atoms with van der Waals surface area (Å²) in [6, 6.07) is -0.103. The van der Waals surface area contributed by atoms with E-state index in [4.69, 9.17) is 0 Å². The zero-order chi connectivity index (χ0) is 12.1. The summed E-state index contributed by atoms with van der Waals surface area (Å²) in [6.45, 7) is 1.05. The maximum atomic E-state index is 11.9. The highest BCUT2D eigenvalue weighted by Gasteiger charge is 2.24. The minimum Gasteiger partial charge on any atom is -0.347 e. The predicted octanol–water partition coefficient (Wildman–Crippen LogP) is -0.325. The molecule has 0 spiro atoms. The first-order valence-electron chi connectivity index (χ1n) is 5.71. The van der Waals surface area contributed by atoms with Gasteiger partial charge in [0.15, 0.2) is 0 Å². The zero-order valence-electron chi connectivity index (χ0n) is 10.3. The van der Waals surface area contributed by atoms with Crippen LogP contribution in [0.4, 0.5) is 0 Å². The fourth-order valence-electron chi connectivity index (χ4n) is 1.75. The van der Waals surface area contributed by atoms with E-state index < -0.39 is 0 Å². The highest BCUT2D eigenvalue weighted by molar-refractivity contribution is 5.87. The standard InChI is InChI=1S/C11H21N3O2/c1-13(2)10(15)8-14(3)11(16)9-6-4-5-7-12-9/h9,12H,4-8H2,1-3H3. The highest BCUT2D eigenvalue weighted by atomic mass is 16.2. The molecule has 1 saturated heterocycles. The Bertz CT molecular complexity index is 260. The van der Waals surface area contributed by atoms with Crippen molar-refractivity contribution in [3.05, 3.63) is 0 Å². The molecule has 5 heteroatoms. The van der Waals surface area contributed by atoms with Gasteiger partial charge in [-0.15, -0.1) is 0 Å². The molecule has 0 aromatic heterocycles. The zero-order valence-corrected chi connectivity index (χ0v) is 10.3. The second kappa shape index (κ2) is 5.84. The summed E-state index contributed by atoms with van der Waals surface area (Å²) in [4.78, 5) is 26.4. The van der Waals surface area contributed by atoms with Crippen molar-refractivity contribution in [2.24, 2.45) is 0 Å². The molecule has 0 bridgehead atoms. The van der Waals surface area contributed by atoms with Gasteiger partial charge in [-0.2, -0.15) is 0 Å². The summed E-state index contributed by atoms with van der Waals surface area (Å²) in [5, 5.41) is 3.19. The molecule has 2 amide bonds. The topological polar surface area (TPSA) is 52.7 Å². The fraction of sp³-hybridized carbons (Fsp3) is 0.818. The van der Waals surface area contributed by atoms with Crippen molar-refractivity contribution in [3.8, 4) is 0 Å². The van der Waals surface area contributed by atoms with Crippen molar-refractivity contribution in [2.45, 2.75) is 25.3 Å². The lowest BCUT2D eigenvalue weighted by Gasteiger charge is -2.27. The maximum Gasteiger partial charge on any atom is 0.241 e. The van der Waals surface area contributed by atoms with E-state index in [1.807, 2.05) is 0 Å². The minimum atomic E-state index is -0.103. The van der Waals surface area contributed by atoms with Gasteiger partial charge in [-0.25, -0.2) is 0 Å². The van der Waals surface area contributed by atoms with Gasteiger partial charge in [0.1, 0.15) is 0 Å². The number of rotatable bonds is 3. The van der Waals surface area contributed by atoms with Crippen LogP contribution in [0.25, 0.3) is 0 Å². The number of hydrogen-bond acceptors (Lipinski definition) is 3. The summed E-state index contributed by atoms with van der Waals surface area (Å²) in [6.07, 6.45) is 3.09. The first-order chi connectivity index (χ1) is 7.52. The number of piperidine rings is 1. The lowest BCUT2D eigenvalue weighted by Crippen LogP contribution is -2.49. The van der Waals surface area contributed by atoms with E-state index in [2.05, 4.69) is 5.32 Å². The Morgan fingerprint density at radius 2 is 1.94 bits per heavy atom. The van der Waals surface area contributed by atoms with Crippen LogP contribution in [-0.2, 0) is 9.59 Å². The summed E-state index contributed by atoms with van der Waals surface area (Å²) < 4.78 is 0. The van der Waals surface area contributed by atoms with E-state index in [1.165, 1.54) is 9.80 Å². The van der Waals surface area contributed by atoms with Crippen LogP contribution in [0.2, 0.25) is 0 Å². The summed E-state index contributed by atoms with van der Waals surface area (Å²) in [5.41, 5.74) is 0. The predicted molar refractivity (Wildman–Crippen MR) is 62.0 cm³/mol. The Morgan fingerprint density at radius 3 is 2.44 bits per heavy atom. The van der Waals surface area contributed by atoms with Crippen molar-refractivity contribution >= 4 is 11.8 Å². The van der Waals surface area contributed by atoms with Crippen LogP contribution in [0.1, 0.15) is 19.3 Å². The minimum absolute atomic E-state index is 0.0231. The third-order valence-electron chi connectivity index (χ3n) is 2.86. The molecule has 16 heavy (non-hydrogen) atoms. The van der Waals surface area contributed by atoms with Crippen LogP contribution >= 0.6 is 0 Å². The molecule has 1 fully saturated rings. The van der Waals surface area contributed by atoms with Crippen molar-refractivity contribution in [1.29, 1.82) is 0 Å². The van der Waals surface area contributed by atoms with E-state index in [1.54, 1.807) is 21.1 Å². The highest BCUT2D eigenvalue weighted by Crippen LogP contribution is 2.09. The van der Waals surface area contributed by atoms with Crippen molar-refractivity contribution in [1.82, 2.24) is 15.1 Å². The number of carbonyl (C=O) groups is 2. The van der Waals surface area contributed by atoms with Crippen molar-refractivity contribution in [3.63, 3.8) is 0 Å². The van der Waals surface area contributed by atoms with Crippen LogP contribution in [-0.4, -0.2) is 61.9 Å². The molecule has 0 aromatic rings. The molecule has 0 radical (unpaired) electrons. The molecule has 1 heterocycles. The largest absolute Gasteiger partial charge is 0.347 e. The van der Waals surface area contributed by atoms with Gasteiger partial charge in [0.25, 0.3) is 0 Å². The van der Waals surface area contributed by atoms with Gasteiger partial charge in [-0.05, 0) is 19.4 Å². The Morgan fingerprint density at radius 1 is 1.25 bits per heavy atom. The normalized spacial score (nSPS) is 20.3. The average molecular weight is 227 g/mol. The van der Waals surface area contributed by atoms with Crippen molar-refractivity contribution < 1.29 is 9.59 Å². The van der Waals surface area contributed by atoms with Gasteiger partial charge in [0, 0.05) is 21.1 Å². The average Bonchev–Trinajstić information content (AvgIpc) is 2.28. The third-order valence-corrected chi connectivity index (χ3v) is 2.86. The lowest BCUT2D eigenvalue weighted by molar-refractivity contribution is -0.139. The fourth-order valence-corrected chi connectivity index (χ4v) is 1.75. The van der Waals surface area contributed by atoms with Crippen LogP contribution in [0, 0.1) is 0 Å². The molecule has 0 aliphatic carbocycles. The molecule has 5 nitrogen and oxygen atoms in total. The Kier molecular flexibility index (Phi) is 4.73. The van der Waals surface area contributed by atoms with Gasteiger partial charge in [0.2, 0.25) is 11.8 Å².